The first-order valence-electron chi connectivity index (χ1n) is 6.37. The first-order valence-corrected chi connectivity index (χ1v) is 6.37. The predicted molar refractivity (Wildman–Crippen MR) is 66.7 cm³/mol. The third kappa shape index (κ3) is 3.04. The maximum atomic E-state index is 13.7. The zero-order valence-corrected chi connectivity index (χ0v) is 10.3. The normalized spacial score (nSPS) is 18.8. The van der Waals surface area contributed by atoms with Crippen LogP contribution in [0.2, 0.25) is 0 Å². The molecule has 1 atom stereocenters. The number of hydrazine groups is 1. The van der Waals surface area contributed by atoms with Crippen molar-refractivity contribution in [2.75, 3.05) is 19.6 Å². The summed E-state index contributed by atoms with van der Waals surface area (Å²) in [6, 6.07) is 3.83. The van der Waals surface area contributed by atoms with Crippen LogP contribution in [-0.4, -0.2) is 24.6 Å². The molecule has 0 spiro atoms. The summed E-state index contributed by atoms with van der Waals surface area (Å²) in [7, 11) is 0. The zero-order chi connectivity index (χ0) is 13.0. The summed E-state index contributed by atoms with van der Waals surface area (Å²) in [5, 5.41) is 2.05. The summed E-state index contributed by atoms with van der Waals surface area (Å²) < 4.78 is 26.9. The average molecular weight is 255 g/mol. The molecule has 18 heavy (non-hydrogen) atoms. The van der Waals surface area contributed by atoms with Crippen LogP contribution in [0.15, 0.2) is 18.2 Å². The smallest absolute Gasteiger partial charge is 0.163 e. The lowest BCUT2D eigenvalue weighted by Gasteiger charge is -2.31. The number of nitrogens with one attached hydrogen (secondary N) is 1. The molecule has 5 heteroatoms. The predicted octanol–water partition coefficient (Wildman–Crippen LogP) is 1.96. The summed E-state index contributed by atoms with van der Waals surface area (Å²) in [6.45, 7) is 2.08. The number of hydrogen-bond acceptors (Lipinski definition) is 3. The van der Waals surface area contributed by atoms with Crippen molar-refractivity contribution in [3.05, 3.63) is 35.4 Å². The van der Waals surface area contributed by atoms with E-state index in [1.807, 2.05) is 5.01 Å². The Bertz CT molecular complexity index is 392. The van der Waals surface area contributed by atoms with Gasteiger partial charge in [0.2, 0.25) is 0 Å². The first-order chi connectivity index (χ1) is 8.72. The van der Waals surface area contributed by atoms with E-state index in [-0.39, 0.29) is 12.6 Å². The Balaban J connectivity index is 2.09. The van der Waals surface area contributed by atoms with Crippen molar-refractivity contribution < 1.29 is 8.78 Å². The van der Waals surface area contributed by atoms with Crippen molar-refractivity contribution >= 4 is 0 Å². The lowest BCUT2D eigenvalue weighted by Crippen LogP contribution is -2.45. The van der Waals surface area contributed by atoms with Gasteiger partial charge in [-0.15, -0.1) is 0 Å². The number of nitrogens with two attached hydrogens (primary N) is 1. The van der Waals surface area contributed by atoms with E-state index >= 15 is 0 Å². The van der Waals surface area contributed by atoms with Gasteiger partial charge in [0.15, 0.2) is 11.6 Å². The molecule has 0 bridgehead atoms. The molecule has 1 aromatic carbocycles. The molecule has 1 heterocycles. The van der Waals surface area contributed by atoms with Crippen LogP contribution in [0.1, 0.15) is 30.9 Å². The van der Waals surface area contributed by atoms with Gasteiger partial charge >= 0.3 is 0 Å². The molecule has 1 saturated heterocycles. The van der Waals surface area contributed by atoms with E-state index in [0.29, 0.717) is 5.56 Å². The molecule has 1 unspecified atom stereocenters. The van der Waals surface area contributed by atoms with Gasteiger partial charge in [-0.1, -0.05) is 18.6 Å². The SMILES string of the molecule is NCC(NN1CCCCC1)c1cccc(F)c1F. The Labute approximate surface area is 106 Å². The number of nitrogens with zero attached hydrogens (tertiary/aromatic N) is 1. The topological polar surface area (TPSA) is 41.3 Å². The Morgan fingerprint density at radius 3 is 2.61 bits per heavy atom. The monoisotopic (exact) mass is 255 g/mol. The number of rotatable bonds is 4. The largest absolute Gasteiger partial charge is 0.329 e. The fourth-order valence-electron chi connectivity index (χ4n) is 2.28. The maximum absolute atomic E-state index is 13.7. The van der Waals surface area contributed by atoms with E-state index in [1.165, 1.54) is 12.5 Å². The highest BCUT2D eigenvalue weighted by molar-refractivity contribution is 5.22. The molecule has 1 fully saturated rings. The summed E-state index contributed by atoms with van der Waals surface area (Å²) in [5.41, 5.74) is 9.15. The second-order valence-electron chi connectivity index (χ2n) is 4.61. The van der Waals surface area contributed by atoms with Crippen LogP contribution in [0.3, 0.4) is 0 Å². The molecule has 1 aromatic rings. The molecule has 3 N–H and O–H groups in total. The maximum Gasteiger partial charge on any atom is 0.163 e. The summed E-state index contributed by atoms with van der Waals surface area (Å²) in [5.74, 6) is -1.64. The Kier molecular flexibility index (Phi) is 4.63. The van der Waals surface area contributed by atoms with Crippen molar-refractivity contribution in [3.8, 4) is 0 Å². The van der Waals surface area contributed by atoms with Crippen LogP contribution in [0.25, 0.3) is 0 Å². The molecule has 1 aliphatic rings. The second-order valence-corrected chi connectivity index (χ2v) is 4.61. The van der Waals surface area contributed by atoms with E-state index in [4.69, 9.17) is 5.73 Å². The van der Waals surface area contributed by atoms with Crippen molar-refractivity contribution in [3.63, 3.8) is 0 Å². The third-order valence-corrected chi connectivity index (χ3v) is 3.29. The highest BCUT2D eigenvalue weighted by Gasteiger charge is 2.20. The van der Waals surface area contributed by atoms with E-state index in [9.17, 15) is 8.78 Å². The molecule has 0 aliphatic carbocycles. The minimum absolute atomic E-state index is 0.233. The van der Waals surface area contributed by atoms with E-state index in [1.54, 1.807) is 6.07 Å². The molecule has 0 aromatic heterocycles. The van der Waals surface area contributed by atoms with Gasteiger partial charge in [-0.25, -0.2) is 19.2 Å². The lowest BCUT2D eigenvalue weighted by molar-refractivity contribution is 0.129. The van der Waals surface area contributed by atoms with Crippen molar-refractivity contribution in [1.29, 1.82) is 0 Å². The molecule has 100 valence electrons. The highest BCUT2D eigenvalue weighted by atomic mass is 19.2. The molecule has 1 aliphatic heterocycles. The summed E-state index contributed by atoms with van der Waals surface area (Å²) >= 11 is 0. The molecule has 0 radical (unpaired) electrons. The van der Waals surface area contributed by atoms with Gasteiger partial charge in [-0.05, 0) is 18.9 Å². The van der Waals surface area contributed by atoms with Crippen LogP contribution in [-0.2, 0) is 0 Å². The van der Waals surface area contributed by atoms with Crippen LogP contribution < -0.4 is 11.2 Å². The number of benzene rings is 1. The van der Waals surface area contributed by atoms with E-state index < -0.39 is 11.6 Å². The second kappa shape index (κ2) is 6.22. The van der Waals surface area contributed by atoms with Gasteiger partial charge in [0.25, 0.3) is 0 Å². The van der Waals surface area contributed by atoms with Crippen molar-refractivity contribution in [2.45, 2.75) is 25.3 Å². The van der Waals surface area contributed by atoms with Crippen molar-refractivity contribution in [2.24, 2.45) is 5.73 Å². The van der Waals surface area contributed by atoms with Crippen LogP contribution in [0.4, 0.5) is 8.78 Å². The van der Waals surface area contributed by atoms with Gasteiger partial charge in [-0.3, -0.25) is 0 Å². The third-order valence-electron chi connectivity index (χ3n) is 3.29. The fourth-order valence-corrected chi connectivity index (χ4v) is 2.28. The fraction of sp³-hybridized carbons (Fsp3) is 0.538. The van der Waals surface area contributed by atoms with Crippen LogP contribution in [0.5, 0.6) is 0 Å². The molecule has 2 rings (SSSR count). The lowest BCUT2D eigenvalue weighted by atomic mass is 10.1. The first kappa shape index (κ1) is 13.4. The Morgan fingerprint density at radius 2 is 1.94 bits per heavy atom. The zero-order valence-electron chi connectivity index (χ0n) is 10.3. The standard InChI is InChI=1S/C13H19F2N3/c14-11-6-4-5-10(13(11)15)12(9-16)17-18-7-2-1-3-8-18/h4-6,12,17H,1-3,7-9,16H2. The summed E-state index contributed by atoms with van der Waals surface area (Å²) in [4.78, 5) is 0. The molecule has 3 nitrogen and oxygen atoms in total. The number of hydrogen-bond donors (Lipinski definition) is 2. The quantitative estimate of drug-likeness (QED) is 0.864. The minimum Gasteiger partial charge on any atom is -0.329 e. The molecule has 0 amide bonds. The number of piperidine rings is 1. The van der Waals surface area contributed by atoms with Gasteiger partial charge < -0.3 is 5.73 Å². The Hall–Kier alpha value is -1.04. The summed E-state index contributed by atoms with van der Waals surface area (Å²) in [6.07, 6.45) is 3.46. The molecular formula is C13H19F2N3. The van der Waals surface area contributed by atoms with Gasteiger partial charge in [-0.2, -0.15) is 0 Å². The van der Waals surface area contributed by atoms with Crippen molar-refractivity contribution in [1.82, 2.24) is 10.4 Å². The van der Waals surface area contributed by atoms with Gasteiger partial charge in [0.05, 0.1) is 6.04 Å². The van der Waals surface area contributed by atoms with E-state index in [0.717, 1.165) is 32.0 Å². The van der Waals surface area contributed by atoms with E-state index in [2.05, 4.69) is 5.43 Å². The molecule has 0 saturated carbocycles. The molecular weight excluding hydrogens is 236 g/mol. The average Bonchev–Trinajstić information content (AvgIpc) is 2.41. The Morgan fingerprint density at radius 1 is 1.22 bits per heavy atom. The minimum atomic E-state index is -0.827. The van der Waals surface area contributed by atoms with Gasteiger partial charge in [0, 0.05) is 25.2 Å². The number of halogens is 2. The highest BCUT2D eigenvalue weighted by Crippen LogP contribution is 2.20. The van der Waals surface area contributed by atoms with Crippen LogP contribution in [0, 0.1) is 11.6 Å². The van der Waals surface area contributed by atoms with Crippen LogP contribution >= 0.6 is 0 Å². The van der Waals surface area contributed by atoms with Gasteiger partial charge in [0.1, 0.15) is 0 Å².